The molecule has 0 radical (unpaired) electrons. The van der Waals surface area contributed by atoms with E-state index in [0.717, 1.165) is 15.4 Å². The molecule has 0 spiro atoms. The number of nitrogens with zero attached hydrogens (tertiary/aromatic N) is 2. The zero-order valence-electron chi connectivity index (χ0n) is 20.8. The first-order valence-electron chi connectivity index (χ1n) is 11.5. The Morgan fingerprint density at radius 1 is 0.972 bits per heavy atom. The molecule has 0 saturated carbocycles. The highest BCUT2D eigenvalue weighted by atomic mass is 32.2. The van der Waals surface area contributed by atoms with Gasteiger partial charge in [-0.2, -0.15) is 0 Å². The number of hydrogen-bond acceptors (Lipinski definition) is 5. The van der Waals surface area contributed by atoms with Gasteiger partial charge in [0.25, 0.3) is 10.0 Å². The summed E-state index contributed by atoms with van der Waals surface area (Å²) in [5.74, 6) is -0.420. The Labute approximate surface area is 212 Å². The maximum atomic E-state index is 13.7. The zero-order chi connectivity index (χ0) is 26.3. The number of anilines is 1. The smallest absolute Gasteiger partial charge is 0.264 e. The molecular weight excluding hydrogens is 478 g/mol. The van der Waals surface area contributed by atoms with Crippen molar-refractivity contribution >= 4 is 27.5 Å². The summed E-state index contributed by atoms with van der Waals surface area (Å²) in [6, 6.07) is 21.2. The molecule has 9 heteroatoms. The van der Waals surface area contributed by atoms with Gasteiger partial charge in [-0.3, -0.25) is 13.9 Å². The third-order valence-corrected chi connectivity index (χ3v) is 7.76. The molecule has 0 saturated heterocycles. The normalized spacial score (nSPS) is 11.9. The van der Waals surface area contributed by atoms with Crippen LogP contribution in [0.25, 0.3) is 0 Å². The first-order valence-corrected chi connectivity index (χ1v) is 12.9. The maximum Gasteiger partial charge on any atom is 0.264 e. The summed E-state index contributed by atoms with van der Waals surface area (Å²) in [4.78, 5) is 27.7. The van der Waals surface area contributed by atoms with Gasteiger partial charge >= 0.3 is 0 Å². The molecule has 3 rings (SSSR count). The van der Waals surface area contributed by atoms with Crippen LogP contribution < -0.4 is 14.4 Å². The summed E-state index contributed by atoms with van der Waals surface area (Å²) in [6.45, 7) is 3.19. The highest BCUT2D eigenvalue weighted by molar-refractivity contribution is 7.92. The summed E-state index contributed by atoms with van der Waals surface area (Å²) < 4.78 is 33.7. The van der Waals surface area contributed by atoms with Crippen molar-refractivity contribution in [2.24, 2.45) is 0 Å². The van der Waals surface area contributed by atoms with E-state index in [1.165, 1.54) is 31.2 Å². The number of rotatable bonds is 10. The minimum absolute atomic E-state index is 0.0467. The fourth-order valence-electron chi connectivity index (χ4n) is 3.78. The molecule has 0 fully saturated rings. The highest BCUT2D eigenvalue weighted by Crippen LogP contribution is 2.27. The first-order chi connectivity index (χ1) is 17.2. The summed E-state index contributed by atoms with van der Waals surface area (Å²) in [7, 11) is -1.13. The average Bonchev–Trinajstić information content (AvgIpc) is 2.90. The highest BCUT2D eigenvalue weighted by Gasteiger charge is 2.32. The Morgan fingerprint density at radius 2 is 1.64 bits per heavy atom. The van der Waals surface area contributed by atoms with Crippen LogP contribution in [0.5, 0.6) is 5.75 Å². The van der Waals surface area contributed by atoms with E-state index in [0.29, 0.717) is 5.75 Å². The Balaban J connectivity index is 2.05. The van der Waals surface area contributed by atoms with E-state index in [1.807, 2.05) is 31.2 Å². The van der Waals surface area contributed by atoms with Crippen LogP contribution in [0.3, 0.4) is 0 Å². The molecule has 0 heterocycles. The summed E-state index contributed by atoms with van der Waals surface area (Å²) >= 11 is 0. The van der Waals surface area contributed by atoms with Crippen LogP contribution in [-0.2, 0) is 26.2 Å². The van der Waals surface area contributed by atoms with Crippen LogP contribution in [0, 0.1) is 6.92 Å². The number of aryl methyl sites for hydroxylation is 1. The van der Waals surface area contributed by atoms with Crippen LogP contribution in [0.4, 0.5) is 5.69 Å². The molecule has 0 aliphatic rings. The number of carbonyl (C=O) groups is 2. The molecule has 3 aromatic rings. The summed E-state index contributed by atoms with van der Waals surface area (Å²) in [6.07, 6.45) is 0. The molecule has 0 aliphatic carbocycles. The molecular formula is C27H31N3O5S. The predicted octanol–water partition coefficient (Wildman–Crippen LogP) is 3.36. The van der Waals surface area contributed by atoms with E-state index in [-0.39, 0.29) is 23.0 Å². The number of benzene rings is 3. The third-order valence-electron chi connectivity index (χ3n) is 5.97. The van der Waals surface area contributed by atoms with Gasteiger partial charge in [-0.25, -0.2) is 8.42 Å². The van der Waals surface area contributed by atoms with E-state index in [9.17, 15) is 18.0 Å². The van der Waals surface area contributed by atoms with Gasteiger partial charge in [0.1, 0.15) is 18.3 Å². The minimum atomic E-state index is -4.11. The second-order valence-corrected chi connectivity index (χ2v) is 10.1. The van der Waals surface area contributed by atoms with Crippen LogP contribution in [0.1, 0.15) is 18.1 Å². The van der Waals surface area contributed by atoms with Crippen LogP contribution in [-0.4, -0.2) is 51.9 Å². The number of carbonyl (C=O) groups excluding carboxylic acids is 2. The van der Waals surface area contributed by atoms with Gasteiger partial charge in [0.05, 0.1) is 17.7 Å². The molecule has 0 aliphatic heterocycles. The second-order valence-electron chi connectivity index (χ2n) is 8.26. The SMILES string of the molecule is CNC(=O)[C@@H](C)N(Cc1ccccc1C)C(=O)CN(c1cccc(OC)c1)S(=O)(=O)c1ccccc1. The molecule has 1 atom stereocenters. The van der Waals surface area contributed by atoms with E-state index in [2.05, 4.69) is 5.32 Å². The van der Waals surface area contributed by atoms with Gasteiger partial charge in [0.15, 0.2) is 0 Å². The van der Waals surface area contributed by atoms with E-state index >= 15 is 0 Å². The lowest BCUT2D eigenvalue weighted by Gasteiger charge is -2.32. The Bertz CT molecular complexity index is 1310. The van der Waals surface area contributed by atoms with Crippen molar-refractivity contribution in [1.29, 1.82) is 0 Å². The molecule has 36 heavy (non-hydrogen) atoms. The second kappa shape index (κ2) is 11.7. The summed E-state index contributed by atoms with van der Waals surface area (Å²) in [5.41, 5.74) is 2.09. The monoisotopic (exact) mass is 509 g/mol. The molecule has 1 N–H and O–H groups in total. The molecule has 2 amide bonds. The van der Waals surface area contributed by atoms with Crippen molar-refractivity contribution in [3.8, 4) is 5.75 Å². The fraction of sp³-hybridized carbons (Fsp3) is 0.259. The van der Waals surface area contributed by atoms with E-state index < -0.39 is 28.5 Å². The molecule has 0 bridgehead atoms. The van der Waals surface area contributed by atoms with Gasteiger partial charge in [0.2, 0.25) is 11.8 Å². The van der Waals surface area contributed by atoms with Crippen molar-refractivity contribution in [1.82, 2.24) is 10.2 Å². The van der Waals surface area contributed by atoms with Gasteiger partial charge in [-0.05, 0) is 49.2 Å². The van der Waals surface area contributed by atoms with Crippen LogP contribution in [0.2, 0.25) is 0 Å². The van der Waals surface area contributed by atoms with Gasteiger partial charge in [-0.15, -0.1) is 0 Å². The minimum Gasteiger partial charge on any atom is -0.497 e. The largest absolute Gasteiger partial charge is 0.497 e. The number of nitrogens with one attached hydrogen (secondary N) is 1. The van der Waals surface area contributed by atoms with Gasteiger partial charge < -0.3 is 15.0 Å². The van der Waals surface area contributed by atoms with Gasteiger partial charge in [-0.1, -0.05) is 48.5 Å². The van der Waals surface area contributed by atoms with E-state index in [1.54, 1.807) is 49.4 Å². The number of methoxy groups -OCH3 is 1. The summed E-state index contributed by atoms with van der Waals surface area (Å²) in [5, 5.41) is 2.58. The van der Waals surface area contributed by atoms with Crippen molar-refractivity contribution in [3.63, 3.8) is 0 Å². The maximum absolute atomic E-state index is 13.7. The van der Waals surface area contributed by atoms with Gasteiger partial charge in [0, 0.05) is 19.7 Å². The van der Waals surface area contributed by atoms with Crippen LogP contribution in [0.15, 0.2) is 83.8 Å². The third kappa shape index (κ3) is 6.04. The van der Waals surface area contributed by atoms with Crippen molar-refractivity contribution < 1.29 is 22.7 Å². The quantitative estimate of drug-likeness (QED) is 0.452. The molecule has 190 valence electrons. The number of sulfonamides is 1. The first kappa shape index (κ1) is 26.7. The molecule has 0 unspecified atom stereocenters. The number of ether oxygens (including phenoxy) is 1. The Hall–Kier alpha value is -3.85. The number of hydrogen-bond donors (Lipinski definition) is 1. The van der Waals surface area contributed by atoms with Crippen molar-refractivity contribution in [3.05, 3.63) is 90.0 Å². The Morgan fingerprint density at radius 3 is 2.28 bits per heavy atom. The van der Waals surface area contributed by atoms with Crippen molar-refractivity contribution in [2.45, 2.75) is 31.3 Å². The van der Waals surface area contributed by atoms with E-state index in [4.69, 9.17) is 4.74 Å². The standard InChI is InChI=1S/C27H31N3O5S/c1-20-11-8-9-12-22(20)18-29(21(2)27(32)28-3)26(31)19-30(23-13-10-14-24(17-23)35-4)36(33,34)25-15-6-5-7-16-25/h5-17,21H,18-19H2,1-4H3,(H,28,32)/t21-/m1/s1. The topological polar surface area (TPSA) is 96.0 Å². The van der Waals surface area contributed by atoms with Crippen molar-refractivity contribution in [2.75, 3.05) is 25.0 Å². The van der Waals surface area contributed by atoms with Crippen LogP contribution >= 0.6 is 0 Å². The Kier molecular flexibility index (Phi) is 8.71. The lowest BCUT2D eigenvalue weighted by atomic mass is 10.1. The molecule has 0 aromatic heterocycles. The zero-order valence-corrected chi connectivity index (χ0v) is 21.7. The predicted molar refractivity (Wildman–Crippen MR) is 139 cm³/mol. The number of amides is 2. The molecule has 8 nitrogen and oxygen atoms in total. The fourth-order valence-corrected chi connectivity index (χ4v) is 5.20. The number of likely N-dealkylation sites (N-methyl/N-ethyl adjacent to an activating group) is 1. The molecule has 3 aromatic carbocycles. The lowest BCUT2D eigenvalue weighted by Crippen LogP contribution is -2.50. The lowest BCUT2D eigenvalue weighted by molar-refractivity contribution is -0.139. The average molecular weight is 510 g/mol.